The molecule has 0 spiro atoms. The number of hydrogen-bond acceptors (Lipinski definition) is 5. The second-order valence-electron chi connectivity index (χ2n) is 7.71. The van der Waals surface area contributed by atoms with Crippen LogP contribution in [0, 0.1) is 6.92 Å². The fourth-order valence-electron chi connectivity index (χ4n) is 3.74. The average molecular weight is 395 g/mol. The first kappa shape index (κ1) is 17.6. The summed E-state index contributed by atoms with van der Waals surface area (Å²) < 4.78 is 26.3. The van der Waals surface area contributed by atoms with Gasteiger partial charge in [0.25, 0.3) is 0 Å². The molecule has 6 nitrogen and oxygen atoms in total. The molecule has 2 aliphatic rings. The minimum Gasteiger partial charge on any atom is -0.379 e. The molecule has 1 aliphatic carbocycles. The molecule has 0 amide bonds. The monoisotopic (exact) mass is 394 g/mol. The van der Waals surface area contributed by atoms with E-state index in [2.05, 4.69) is 33.5 Å². The van der Waals surface area contributed by atoms with Crippen molar-refractivity contribution < 1.29 is 8.42 Å². The van der Waals surface area contributed by atoms with E-state index in [9.17, 15) is 8.42 Å². The van der Waals surface area contributed by atoms with Crippen LogP contribution in [0.2, 0.25) is 0 Å². The van der Waals surface area contributed by atoms with Crippen LogP contribution in [-0.2, 0) is 10.0 Å². The van der Waals surface area contributed by atoms with E-state index in [1.165, 1.54) is 0 Å². The van der Waals surface area contributed by atoms with E-state index in [0.717, 1.165) is 46.1 Å². The first-order valence-corrected chi connectivity index (χ1v) is 11.1. The van der Waals surface area contributed by atoms with Crippen molar-refractivity contribution in [2.75, 3.05) is 18.4 Å². The van der Waals surface area contributed by atoms with Gasteiger partial charge in [-0.1, -0.05) is 0 Å². The van der Waals surface area contributed by atoms with Gasteiger partial charge >= 0.3 is 0 Å². The number of nitrogens with zero attached hydrogens (tertiary/aromatic N) is 3. The second-order valence-corrected chi connectivity index (χ2v) is 9.92. The topological polar surface area (TPSA) is 75.2 Å². The summed E-state index contributed by atoms with van der Waals surface area (Å²) in [6.07, 6.45) is 7.08. The zero-order valence-electron chi connectivity index (χ0n) is 15.7. The third kappa shape index (κ3) is 3.14. The summed E-state index contributed by atoms with van der Waals surface area (Å²) in [6.45, 7) is 3.04. The molecule has 3 heterocycles. The summed E-state index contributed by atoms with van der Waals surface area (Å²) in [4.78, 5) is 8.55. The van der Waals surface area contributed by atoms with Crippen molar-refractivity contribution in [3.05, 3.63) is 54.6 Å². The molecule has 144 valence electrons. The minimum atomic E-state index is -3.08. The standard InChI is InChI=1S/C21H22N4O2S/c1-14-8-15(5-7-23-14)17-9-16-4-6-22-11-20(16)21(10-17)24-18-12-25(13-18)28(26,27)19-2-3-19/h4-11,18-19,24H,2-3,12-13H2,1H3. The van der Waals surface area contributed by atoms with Gasteiger partial charge in [-0.25, -0.2) is 8.42 Å². The molecule has 7 heteroatoms. The predicted octanol–water partition coefficient (Wildman–Crippen LogP) is 3.19. The molecule has 0 unspecified atom stereocenters. The Labute approximate surface area is 164 Å². The highest BCUT2D eigenvalue weighted by molar-refractivity contribution is 7.90. The summed E-state index contributed by atoms with van der Waals surface area (Å²) in [6, 6.07) is 10.5. The third-order valence-electron chi connectivity index (χ3n) is 5.50. The molecular formula is C21H22N4O2S. The molecule has 2 fully saturated rings. The first-order valence-electron chi connectivity index (χ1n) is 9.57. The fourth-order valence-corrected chi connectivity index (χ4v) is 5.67. The molecule has 1 saturated heterocycles. The Morgan fingerprint density at radius 2 is 1.89 bits per heavy atom. The molecular weight excluding hydrogens is 372 g/mol. The summed E-state index contributed by atoms with van der Waals surface area (Å²) in [5.74, 6) is 0. The number of aryl methyl sites for hydroxylation is 1. The van der Waals surface area contributed by atoms with Crippen molar-refractivity contribution in [1.82, 2.24) is 14.3 Å². The quantitative estimate of drug-likeness (QED) is 0.719. The van der Waals surface area contributed by atoms with Crippen LogP contribution in [0.5, 0.6) is 0 Å². The maximum atomic E-state index is 12.3. The number of hydrogen-bond donors (Lipinski definition) is 1. The van der Waals surface area contributed by atoms with Crippen LogP contribution in [-0.4, -0.2) is 47.1 Å². The van der Waals surface area contributed by atoms with Crippen LogP contribution in [0.4, 0.5) is 5.69 Å². The van der Waals surface area contributed by atoms with Crippen LogP contribution in [0.1, 0.15) is 18.5 Å². The second kappa shape index (κ2) is 6.53. The molecule has 0 bridgehead atoms. The van der Waals surface area contributed by atoms with Crippen molar-refractivity contribution in [3.8, 4) is 11.1 Å². The Bertz CT molecular complexity index is 1150. The largest absolute Gasteiger partial charge is 0.379 e. The van der Waals surface area contributed by atoms with Gasteiger partial charge in [0.05, 0.1) is 11.3 Å². The average Bonchev–Trinajstić information content (AvgIpc) is 3.49. The molecule has 0 radical (unpaired) electrons. The van der Waals surface area contributed by atoms with E-state index in [1.807, 2.05) is 31.5 Å². The molecule has 3 aromatic rings. The lowest BCUT2D eigenvalue weighted by Crippen LogP contribution is -2.57. The Hall–Kier alpha value is -2.51. The van der Waals surface area contributed by atoms with Crippen molar-refractivity contribution in [3.63, 3.8) is 0 Å². The van der Waals surface area contributed by atoms with Crippen LogP contribution >= 0.6 is 0 Å². The number of sulfonamides is 1. The number of pyridine rings is 2. The zero-order valence-corrected chi connectivity index (χ0v) is 16.5. The fraction of sp³-hybridized carbons (Fsp3) is 0.333. The molecule has 1 aromatic carbocycles. The van der Waals surface area contributed by atoms with Crippen molar-refractivity contribution in [2.45, 2.75) is 31.1 Å². The normalized spacial score (nSPS) is 18.2. The Morgan fingerprint density at radius 1 is 1.07 bits per heavy atom. The molecule has 1 saturated carbocycles. The van der Waals surface area contributed by atoms with Gasteiger partial charge in [-0.3, -0.25) is 9.97 Å². The summed E-state index contributed by atoms with van der Waals surface area (Å²) in [5, 5.41) is 5.55. The molecule has 28 heavy (non-hydrogen) atoms. The summed E-state index contributed by atoms with van der Waals surface area (Å²) in [7, 11) is -3.08. The maximum absolute atomic E-state index is 12.3. The van der Waals surface area contributed by atoms with Gasteiger partial charge in [-0.2, -0.15) is 4.31 Å². The van der Waals surface area contributed by atoms with Gasteiger partial charge in [0, 0.05) is 48.4 Å². The molecule has 5 rings (SSSR count). The van der Waals surface area contributed by atoms with E-state index in [1.54, 1.807) is 10.5 Å². The van der Waals surface area contributed by atoms with Gasteiger partial charge in [0.1, 0.15) is 0 Å². The van der Waals surface area contributed by atoms with E-state index in [4.69, 9.17) is 0 Å². The number of anilines is 1. The maximum Gasteiger partial charge on any atom is 0.217 e. The zero-order chi connectivity index (χ0) is 19.3. The van der Waals surface area contributed by atoms with Crippen molar-refractivity contribution in [2.24, 2.45) is 0 Å². The lowest BCUT2D eigenvalue weighted by atomic mass is 10.00. The Balaban J connectivity index is 1.44. The van der Waals surface area contributed by atoms with E-state index >= 15 is 0 Å². The SMILES string of the molecule is Cc1cc(-c2cc(NC3CN(S(=O)(=O)C4CC4)C3)c3cnccc3c2)ccn1. The highest BCUT2D eigenvalue weighted by Crippen LogP contribution is 2.35. The van der Waals surface area contributed by atoms with E-state index in [0.29, 0.717) is 13.1 Å². The highest BCUT2D eigenvalue weighted by atomic mass is 32.2. The van der Waals surface area contributed by atoms with Gasteiger partial charge < -0.3 is 5.32 Å². The third-order valence-corrected chi connectivity index (χ3v) is 7.83. The lowest BCUT2D eigenvalue weighted by Gasteiger charge is -2.39. The van der Waals surface area contributed by atoms with Crippen LogP contribution in [0.25, 0.3) is 21.9 Å². The van der Waals surface area contributed by atoms with Gasteiger partial charge in [0.15, 0.2) is 0 Å². The van der Waals surface area contributed by atoms with Gasteiger partial charge in [-0.15, -0.1) is 0 Å². The number of nitrogens with one attached hydrogen (secondary N) is 1. The smallest absolute Gasteiger partial charge is 0.217 e. The Morgan fingerprint density at radius 3 is 2.64 bits per heavy atom. The molecule has 1 N–H and O–H groups in total. The molecule has 0 atom stereocenters. The number of benzene rings is 1. The van der Waals surface area contributed by atoms with Crippen LogP contribution in [0.3, 0.4) is 0 Å². The lowest BCUT2D eigenvalue weighted by molar-refractivity contribution is 0.280. The summed E-state index contributed by atoms with van der Waals surface area (Å²) >= 11 is 0. The summed E-state index contributed by atoms with van der Waals surface area (Å²) in [5.41, 5.74) is 4.18. The predicted molar refractivity (Wildman–Crippen MR) is 111 cm³/mol. The van der Waals surface area contributed by atoms with Crippen LogP contribution < -0.4 is 5.32 Å². The van der Waals surface area contributed by atoms with Crippen molar-refractivity contribution in [1.29, 1.82) is 0 Å². The first-order chi connectivity index (χ1) is 13.5. The van der Waals surface area contributed by atoms with Gasteiger partial charge in [-0.05, 0) is 66.6 Å². The highest BCUT2D eigenvalue weighted by Gasteiger charge is 2.45. The Kier molecular flexibility index (Phi) is 4.10. The van der Waals surface area contributed by atoms with Crippen LogP contribution in [0.15, 0.2) is 48.9 Å². The molecule has 1 aliphatic heterocycles. The van der Waals surface area contributed by atoms with E-state index < -0.39 is 10.0 Å². The minimum absolute atomic E-state index is 0.117. The van der Waals surface area contributed by atoms with Crippen molar-refractivity contribution >= 4 is 26.5 Å². The van der Waals surface area contributed by atoms with Gasteiger partial charge in [0.2, 0.25) is 10.0 Å². The number of rotatable bonds is 5. The van der Waals surface area contributed by atoms with E-state index in [-0.39, 0.29) is 11.3 Å². The number of aromatic nitrogens is 2. The number of fused-ring (bicyclic) bond motifs is 1. The molecule has 2 aromatic heterocycles.